The predicted octanol–water partition coefficient (Wildman–Crippen LogP) is 4.61. The normalized spacial score (nSPS) is 12.7. The number of pyridine rings is 2. The summed E-state index contributed by atoms with van der Waals surface area (Å²) in [5.41, 5.74) is 11.9. The van der Waals surface area contributed by atoms with E-state index in [4.69, 9.17) is 5.73 Å². The number of nitrogens with two attached hydrogens (primary N) is 1. The molecule has 0 saturated carbocycles. The Balaban J connectivity index is 1.36. The Morgan fingerprint density at radius 3 is 2.68 bits per heavy atom. The fourth-order valence-corrected chi connectivity index (χ4v) is 4.12. The van der Waals surface area contributed by atoms with E-state index in [1.807, 2.05) is 65.5 Å². The number of halogens is 1. The quantitative estimate of drug-likeness (QED) is 0.336. The molecule has 1 amide bonds. The first kappa shape index (κ1) is 19.3. The Kier molecular flexibility index (Phi) is 4.88. The first-order valence-electron chi connectivity index (χ1n) is 9.77. The first-order chi connectivity index (χ1) is 15.1. The lowest BCUT2D eigenvalue weighted by molar-refractivity contribution is -0.596. The minimum absolute atomic E-state index is 0.00468. The van der Waals surface area contributed by atoms with Gasteiger partial charge in [-0.1, -0.05) is 6.07 Å². The van der Waals surface area contributed by atoms with Crippen LogP contribution in [-0.2, 0) is 6.54 Å². The monoisotopic (exact) mass is 472 g/mol. The minimum atomic E-state index is -0.00468. The molecular weight excluding hydrogens is 454 g/mol. The molecule has 4 aromatic rings. The predicted molar refractivity (Wildman–Crippen MR) is 125 cm³/mol. The molecule has 1 aliphatic rings. The fraction of sp³-hybridized carbons (Fsp3) is 0.0417. The van der Waals surface area contributed by atoms with Crippen molar-refractivity contribution in [1.82, 2.24) is 4.98 Å². The average molecular weight is 473 g/mol. The molecular formula is C24H19BrN5O+. The largest absolute Gasteiger partial charge is 0.399 e. The van der Waals surface area contributed by atoms with Crippen LogP contribution in [-0.4, -0.2) is 10.9 Å². The van der Waals surface area contributed by atoms with Crippen LogP contribution >= 0.6 is 15.9 Å². The van der Waals surface area contributed by atoms with E-state index in [0.717, 1.165) is 32.8 Å². The van der Waals surface area contributed by atoms with Crippen molar-refractivity contribution in [2.24, 2.45) is 0 Å². The maximum Gasteiger partial charge on any atom is 0.258 e. The molecule has 152 valence electrons. The molecule has 7 heteroatoms. The van der Waals surface area contributed by atoms with Gasteiger partial charge in [0.25, 0.3) is 5.91 Å². The van der Waals surface area contributed by atoms with Crippen LogP contribution in [0.3, 0.4) is 0 Å². The summed E-state index contributed by atoms with van der Waals surface area (Å²) in [5.74, 6) is -0.00468. The standard InChI is InChI=1S/C24H18BrN5O/c25-22-6-9-27-14-23(22)29-10-7-18(8-11-29)28-19-2-1-3-20(13-19)30-15-16-12-17(26)4-5-21(16)24(30)31/h1-14H,15H2,(H2,26,31)/p+1. The van der Waals surface area contributed by atoms with Crippen molar-refractivity contribution in [3.63, 3.8) is 0 Å². The summed E-state index contributed by atoms with van der Waals surface area (Å²) in [7, 11) is 0. The number of fused-ring (bicyclic) bond motifs is 1. The summed E-state index contributed by atoms with van der Waals surface area (Å²) in [6, 6.07) is 19.2. The molecule has 6 nitrogen and oxygen atoms in total. The van der Waals surface area contributed by atoms with Crippen molar-refractivity contribution in [2.45, 2.75) is 6.54 Å². The van der Waals surface area contributed by atoms with Crippen molar-refractivity contribution in [3.05, 3.63) is 101 Å². The summed E-state index contributed by atoms with van der Waals surface area (Å²) in [5, 5.41) is 3.41. The lowest BCUT2D eigenvalue weighted by Crippen LogP contribution is -2.29. The summed E-state index contributed by atoms with van der Waals surface area (Å²) in [4.78, 5) is 18.8. The van der Waals surface area contributed by atoms with E-state index in [1.54, 1.807) is 29.4 Å². The minimum Gasteiger partial charge on any atom is -0.399 e. The zero-order chi connectivity index (χ0) is 21.4. The van der Waals surface area contributed by atoms with E-state index in [0.29, 0.717) is 17.8 Å². The highest BCUT2D eigenvalue weighted by atomic mass is 79.9. The fourth-order valence-electron chi connectivity index (χ4n) is 3.70. The molecule has 3 N–H and O–H groups in total. The molecule has 1 aliphatic heterocycles. The highest BCUT2D eigenvalue weighted by molar-refractivity contribution is 9.10. The highest BCUT2D eigenvalue weighted by Gasteiger charge is 2.28. The van der Waals surface area contributed by atoms with Crippen LogP contribution in [0.2, 0.25) is 0 Å². The number of benzene rings is 2. The van der Waals surface area contributed by atoms with Crippen LogP contribution in [0.1, 0.15) is 15.9 Å². The summed E-state index contributed by atoms with van der Waals surface area (Å²) in [6.45, 7) is 0.522. The second kappa shape index (κ2) is 7.85. The smallest absolute Gasteiger partial charge is 0.258 e. The lowest BCUT2D eigenvalue weighted by Gasteiger charge is -2.17. The number of carbonyl (C=O) groups is 1. The molecule has 31 heavy (non-hydrogen) atoms. The van der Waals surface area contributed by atoms with Crippen molar-refractivity contribution in [2.75, 3.05) is 16.0 Å². The van der Waals surface area contributed by atoms with Gasteiger partial charge >= 0.3 is 0 Å². The molecule has 0 radical (unpaired) electrons. The second-order valence-corrected chi connectivity index (χ2v) is 8.16. The lowest BCUT2D eigenvalue weighted by atomic mass is 10.1. The number of nitrogen functional groups attached to an aromatic ring is 1. The highest BCUT2D eigenvalue weighted by Crippen LogP contribution is 2.31. The van der Waals surface area contributed by atoms with E-state index >= 15 is 0 Å². The molecule has 0 bridgehead atoms. The Bertz CT molecular complexity index is 1290. The Morgan fingerprint density at radius 2 is 1.87 bits per heavy atom. The third-order valence-electron chi connectivity index (χ3n) is 5.24. The van der Waals surface area contributed by atoms with Crippen LogP contribution in [0.5, 0.6) is 0 Å². The SMILES string of the molecule is Nc1ccc2c(c1)CN(c1cccc(Nc3cc[n+](-c4cnccc4Br)cc3)c1)C2=O. The molecule has 2 aromatic carbocycles. The van der Waals surface area contributed by atoms with Crippen molar-refractivity contribution >= 4 is 44.6 Å². The summed E-state index contributed by atoms with van der Waals surface area (Å²) >= 11 is 3.55. The molecule has 0 aliphatic carbocycles. The number of amides is 1. The molecule has 5 rings (SSSR count). The van der Waals surface area contributed by atoms with Crippen molar-refractivity contribution in [3.8, 4) is 5.69 Å². The third kappa shape index (κ3) is 3.75. The van der Waals surface area contributed by atoms with E-state index in [2.05, 4.69) is 26.2 Å². The van der Waals surface area contributed by atoms with Crippen LogP contribution in [0.25, 0.3) is 5.69 Å². The Hall–Kier alpha value is -3.71. The van der Waals surface area contributed by atoms with E-state index in [1.165, 1.54) is 0 Å². The third-order valence-corrected chi connectivity index (χ3v) is 5.91. The van der Waals surface area contributed by atoms with Gasteiger partial charge in [-0.15, -0.1) is 0 Å². The number of nitrogens with one attached hydrogen (secondary N) is 1. The zero-order valence-corrected chi connectivity index (χ0v) is 18.1. The van der Waals surface area contributed by atoms with Gasteiger partial charge in [0, 0.05) is 41.0 Å². The number of nitrogens with zero attached hydrogens (tertiary/aromatic N) is 3. The number of carbonyl (C=O) groups excluding carboxylic acids is 1. The van der Waals surface area contributed by atoms with Crippen LogP contribution in [0.4, 0.5) is 22.7 Å². The van der Waals surface area contributed by atoms with Crippen LogP contribution in [0.15, 0.2) is 89.9 Å². The molecule has 0 saturated heterocycles. The number of rotatable bonds is 4. The second-order valence-electron chi connectivity index (χ2n) is 7.30. The van der Waals surface area contributed by atoms with Crippen LogP contribution < -0.4 is 20.5 Å². The number of hydrogen-bond donors (Lipinski definition) is 2. The Labute approximate surface area is 188 Å². The van der Waals surface area contributed by atoms with Gasteiger partial charge in [-0.25, -0.2) is 0 Å². The first-order valence-corrected chi connectivity index (χ1v) is 10.6. The molecule has 0 spiro atoms. The Morgan fingerprint density at radius 1 is 1.03 bits per heavy atom. The van der Waals surface area contributed by atoms with E-state index in [-0.39, 0.29) is 5.91 Å². The van der Waals surface area contributed by atoms with E-state index < -0.39 is 0 Å². The van der Waals surface area contributed by atoms with Gasteiger partial charge in [0.15, 0.2) is 12.4 Å². The average Bonchev–Trinajstić information content (AvgIpc) is 3.10. The van der Waals surface area contributed by atoms with Crippen molar-refractivity contribution in [1.29, 1.82) is 0 Å². The maximum atomic E-state index is 12.8. The van der Waals surface area contributed by atoms with E-state index in [9.17, 15) is 4.79 Å². The van der Waals surface area contributed by atoms with Gasteiger partial charge in [-0.05, 0) is 64.0 Å². The molecule has 3 heterocycles. The van der Waals surface area contributed by atoms with Gasteiger partial charge in [0.05, 0.1) is 16.7 Å². The maximum absolute atomic E-state index is 12.8. The van der Waals surface area contributed by atoms with Gasteiger partial charge in [0.1, 0.15) is 6.20 Å². The summed E-state index contributed by atoms with van der Waals surface area (Å²) < 4.78 is 2.96. The molecule has 2 aromatic heterocycles. The van der Waals surface area contributed by atoms with Crippen molar-refractivity contribution < 1.29 is 9.36 Å². The van der Waals surface area contributed by atoms with Gasteiger partial charge in [-0.3, -0.25) is 9.78 Å². The van der Waals surface area contributed by atoms with Gasteiger partial charge in [-0.2, -0.15) is 4.57 Å². The van der Waals surface area contributed by atoms with Gasteiger partial charge < -0.3 is 16.0 Å². The molecule has 0 unspecified atom stereocenters. The summed E-state index contributed by atoms with van der Waals surface area (Å²) in [6.07, 6.45) is 7.49. The number of aromatic nitrogens is 2. The van der Waals surface area contributed by atoms with Gasteiger partial charge in [0.2, 0.25) is 5.69 Å². The molecule has 0 atom stereocenters. The number of anilines is 4. The topological polar surface area (TPSA) is 75.1 Å². The number of hydrogen-bond acceptors (Lipinski definition) is 4. The molecule has 0 fully saturated rings. The van der Waals surface area contributed by atoms with Crippen LogP contribution in [0, 0.1) is 0 Å². The zero-order valence-electron chi connectivity index (χ0n) is 16.5.